The van der Waals surface area contributed by atoms with Crippen LogP contribution >= 0.6 is 22.7 Å². The summed E-state index contributed by atoms with van der Waals surface area (Å²) in [6.07, 6.45) is 3.68. The Kier molecular flexibility index (Phi) is 3.71. The molecule has 0 amide bonds. The van der Waals surface area contributed by atoms with Gasteiger partial charge in [0.2, 0.25) is 0 Å². The molecule has 2 heterocycles. The normalized spacial score (nSPS) is 10.3. The highest BCUT2D eigenvalue weighted by molar-refractivity contribution is 7.15. The Balaban J connectivity index is 1.60. The van der Waals surface area contributed by atoms with E-state index in [0.717, 1.165) is 22.5 Å². The summed E-state index contributed by atoms with van der Waals surface area (Å²) >= 11 is 3.24. The maximum atomic E-state index is 4.36. The second kappa shape index (κ2) is 5.81. The van der Waals surface area contributed by atoms with Gasteiger partial charge in [0.25, 0.3) is 0 Å². The van der Waals surface area contributed by atoms with E-state index in [1.165, 1.54) is 4.88 Å². The van der Waals surface area contributed by atoms with Crippen molar-refractivity contribution < 1.29 is 0 Å². The topological polar surface area (TPSA) is 49.8 Å². The first-order chi connectivity index (χ1) is 9.40. The molecular formula is C13H12N4S2. The van der Waals surface area contributed by atoms with E-state index in [0.29, 0.717) is 0 Å². The summed E-state index contributed by atoms with van der Waals surface area (Å²) in [7, 11) is 0. The highest BCUT2D eigenvalue weighted by atomic mass is 32.1. The highest BCUT2D eigenvalue weighted by Gasteiger charge is 2.03. The van der Waals surface area contributed by atoms with Crippen LogP contribution in [0.15, 0.2) is 48.1 Å². The number of thiazole rings is 2. The van der Waals surface area contributed by atoms with Crippen LogP contribution in [0.1, 0.15) is 4.88 Å². The zero-order valence-corrected chi connectivity index (χ0v) is 11.7. The molecule has 96 valence electrons. The van der Waals surface area contributed by atoms with E-state index in [9.17, 15) is 0 Å². The van der Waals surface area contributed by atoms with E-state index in [4.69, 9.17) is 0 Å². The van der Waals surface area contributed by atoms with E-state index < -0.39 is 0 Å². The minimum atomic E-state index is 0.752. The van der Waals surface area contributed by atoms with Gasteiger partial charge in [0.05, 0.1) is 6.54 Å². The first-order valence-electron chi connectivity index (χ1n) is 5.80. The van der Waals surface area contributed by atoms with Crippen LogP contribution in [-0.2, 0) is 6.54 Å². The number of para-hydroxylation sites is 1. The third-order valence-electron chi connectivity index (χ3n) is 2.42. The van der Waals surface area contributed by atoms with E-state index in [1.54, 1.807) is 28.9 Å². The molecule has 3 rings (SSSR count). The number of rotatable bonds is 5. The molecule has 0 aliphatic carbocycles. The summed E-state index contributed by atoms with van der Waals surface area (Å²) in [6, 6.07) is 10.0. The predicted octanol–water partition coefficient (Wildman–Crippen LogP) is 3.96. The third-order valence-corrected chi connectivity index (χ3v) is 4.07. The van der Waals surface area contributed by atoms with Crippen molar-refractivity contribution >= 4 is 38.6 Å². The van der Waals surface area contributed by atoms with Gasteiger partial charge in [-0.2, -0.15) is 0 Å². The largest absolute Gasteiger partial charge is 0.357 e. The summed E-state index contributed by atoms with van der Waals surface area (Å²) < 4.78 is 0. The van der Waals surface area contributed by atoms with Crippen LogP contribution in [0, 0.1) is 0 Å². The lowest BCUT2D eigenvalue weighted by Crippen LogP contribution is -1.95. The fraction of sp³-hybridized carbons (Fsp3) is 0.0769. The molecule has 0 spiro atoms. The minimum absolute atomic E-state index is 0.752. The smallest absolute Gasteiger partial charge is 0.187 e. The highest BCUT2D eigenvalue weighted by Crippen LogP contribution is 2.23. The molecule has 19 heavy (non-hydrogen) atoms. The van der Waals surface area contributed by atoms with Crippen molar-refractivity contribution in [2.75, 3.05) is 10.6 Å². The van der Waals surface area contributed by atoms with Crippen LogP contribution in [0.4, 0.5) is 16.0 Å². The Morgan fingerprint density at radius 2 is 1.95 bits per heavy atom. The van der Waals surface area contributed by atoms with Gasteiger partial charge in [0.15, 0.2) is 10.3 Å². The van der Waals surface area contributed by atoms with E-state index in [2.05, 4.69) is 20.6 Å². The van der Waals surface area contributed by atoms with Crippen molar-refractivity contribution in [1.29, 1.82) is 0 Å². The molecule has 6 heteroatoms. The zero-order valence-electron chi connectivity index (χ0n) is 10.0. The van der Waals surface area contributed by atoms with Gasteiger partial charge in [-0.05, 0) is 12.1 Å². The van der Waals surface area contributed by atoms with Gasteiger partial charge in [0.1, 0.15) is 0 Å². The van der Waals surface area contributed by atoms with Gasteiger partial charge >= 0.3 is 0 Å². The van der Waals surface area contributed by atoms with Crippen LogP contribution < -0.4 is 10.6 Å². The zero-order chi connectivity index (χ0) is 12.9. The van der Waals surface area contributed by atoms with Crippen LogP contribution in [0.25, 0.3) is 0 Å². The molecule has 3 aromatic rings. The molecule has 0 saturated heterocycles. The first kappa shape index (κ1) is 12.1. The van der Waals surface area contributed by atoms with E-state index in [1.807, 2.05) is 41.9 Å². The van der Waals surface area contributed by atoms with Gasteiger partial charge in [-0.3, -0.25) is 0 Å². The van der Waals surface area contributed by atoms with Crippen LogP contribution in [0.5, 0.6) is 0 Å². The number of hydrogen-bond acceptors (Lipinski definition) is 6. The fourth-order valence-electron chi connectivity index (χ4n) is 1.57. The van der Waals surface area contributed by atoms with Crippen LogP contribution in [0.3, 0.4) is 0 Å². The van der Waals surface area contributed by atoms with Crippen LogP contribution in [0.2, 0.25) is 0 Å². The summed E-state index contributed by atoms with van der Waals surface area (Å²) in [6.45, 7) is 0.752. The van der Waals surface area contributed by atoms with Crippen molar-refractivity contribution in [3.63, 3.8) is 0 Å². The number of benzene rings is 1. The quantitative estimate of drug-likeness (QED) is 0.746. The monoisotopic (exact) mass is 288 g/mol. The van der Waals surface area contributed by atoms with Gasteiger partial charge < -0.3 is 10.6 Å². The average molecular weight is 288 g/mol. The third kappa shape index (κ3) is 3.30. The Morgan fingerprint density at radius 3 is 2.74 bits per heavy atom. The Labute approximate surface area is 119 Å². The molecule has 0 unspecified atom stereocenters. The van der Waals surface area contributed by atoms with Crippen molar-refractivity contribution in [2.24, 2.45) is 0 Å². The average Bonchev–Trinajstić information content (AvgIpc) is 3.09. The minimum Gasteiger partial charge on any atom is -0.357 e. The Hall–Kier alpha value is -1.92. The number of nitrogens with one attached hydrogen (secondary N) is 2. The van der Waals surface area contributed by atoms with Gasteiger partial charge in [-0.25, -0.2) is 9.97 Å². The molecular weight excluding hydrogens is 276 g/mol. The van der Waals surface area contributed by atoms with Crippen molar-refractivity contribution in [3.8, 4) is 0 Å². The number of nitrogens with zero attached hydrogens (tertiary/aromatic N) is 2. The maximum absolute atomic E-state index is 4.36. The summed E-state index contributed by atoms with van der Waals surface area (Å²) in [5.74, 6) is 0. The number of hydrogen-bond donors (Lipinski definition) is 2. The van der Waals surface area contributed by atoms with Gasteiger partial charge in [0, 0.05) is 28.3 Å². The number of anilines is 3. The molecule has 0 atom stereocenters. The number of aromatic nitrogens is 2. The summed E-state index contributed by atoms with van der Waals surface area (Å²) in [4.78, 5) is 9.72. The van der Waals surface area contributed by atoms with Crippen molar-refractivity contribution in [3.05, 3.63) is 53.0 Å². The molecule has 2 aromatic heterocycles. The molecule has 0 fully saturated rings. The fourth-order valence-corrected chi connectivity index (χ4v) is 2.87. The molecule has 0 bridgehead atoms. The second-order valence-corrected chi connectivity index (χ2v) is 5.82. The Bertz CT molecular complexity index is 619. The lowest BCUT2D eigenvalue weighted by atomic mass is 10.3. The van der Waals surface area contributed by atoms with Gasteiger partial charge in [-0.15, -0.1) is 11.3 Å². The molecule has 0 aliphatic rings. The molecule has 1 aromatic carbocycles. The second-order valence-electron chi connectivity index (χ2n) is 3.81. The molecule has 0 saturated carbocycles. The van der Waals surface area contributed by atoms with E-state index >= 15 is 0 Å². The standard InChI is InChI=1S/C13H12N4S2/c1-2-4-10(5-3-1)17-13-16-9-11(19-13)8-15-12-14-6-7-18-12/h1-7,9H,8H2,(H,14,15)(H,16,17). The lowest BCUT2D eigenvalue weighted by molar-refractivity contribution is 1.16. The van der Waals surface area contributed by atoms with E-state index in [-0.39, 0.29) is 0 Å². The molecule has 0 aliphatic heterocycles. The SMILES string of the molecule is c1ccc(Nc2ncc(CNc3nccs3)s2)cc1. The van der Waals surface area contributed by atoms with Crippen molar-refractivity contribution in [2.45, 2.75) is 6.54 Å². The summed E-state index contributed by atoms with van der Waals surface area (Å²) in [5.41, 5.74) is 1.05. The predicted molar refractivity (Wildman–Crippen MR) is 81.3 cm³/mol. The Morgan fingerprint density at radius 1 is 1.05 bits per heavy atom. The lowest BCUT2D eigenvalue weighted by Gasteiger charge is -2.00. The van der Waals surface area contributed by atoms with Gasteiger partial charge in [-0.1, -0.05) is 29.5 Å². The van der Waals surface area contributed by atoms with Crippen LogP contribution in [-0.4, -0.2) is 9.97 Å². The summed E-state index contributed by atoms with van der Waals surface area (Å²) in [5, 5.41) is 10.3. The molecule has 2 N–H and O–H groups in total. The first-order valence-corrected chi connectivity index (χ1v) is 7.50. The van der Waals surface area contributed by atoms with Crippen molar-refractivity contribution in [1.82, 2.24) is 9.97 Å². The maximum Gasteiger partial charge on any atom is 0.187 e. The molecule has 0 radical (unpaired) electrons. The molecule has 4 nitrogen and oxygen atoms in total.